The molecule has 1 unspecified atom stereocenters. The van der Waals surface area contributed by atoms with Crippen LogP contribution in [0, 0.1) is 11.2 Å². The molecule has 36 heavy (non-hydrogen) atoms. The summed E-state index contributed by atoms with van der Waals surface area (Å²) in [4.78, 5) is 35.5. The predicted molar refractivity (Wildman–Crippen MR) is 142 cm³/mol. The number of rotatable bonds is 6. The second kappa shape index (κ2) is 10.3. The third-order valence-corrected chi connectivity index (χ3v) is 7.25. The van der Waals surface area contributed by atoms with Crippen LogP contribution in [0.2, 0.25) is 0 Å². The van der Waals surface area contributed by atoms with Gasteiger partial charge in [-0.2, -0.15) is 0 Å². The number of hydrogen-bond acceptors (Lipinski definition) is 7. The van der Waals surface area contributed by atoms with Gasteiger partial charge in [0, 0.05) is 36.7 Å². The summed E-state index contributed by atoms with van der Waals surface area (Å²) in [6.07, 6.45) is 0. The van der Waals surface area contributed by atoms with Crippen LogP contribution in [0.1, 0.15) is 42.9 Å². The van der Waals surface area contributed by atoms with Crippen LogP contribution in [0.5, 0.6) is 5.75 Å². The highest BCUT2D eigenvalue weighted by Gasteiger charge is 2.31. The molecule has 3 aromatic rings. The maximum absolute atomic E-state index is 13.4. The lowest BCUT2D eigenvalue weighted by Crippen LogP contribution is -2.52. The average Bonchev–Trinajstić information content (AvgIpc) is 3.27. The largest absolute Gasteiger partial charge is 0.495 e. The molecule has 1 fully saturated rings. The third kappa shape index (κ3) is 5.36. The minimum absolute atomic E-state index is 0.155. The number of nitrogens with one attached hydrogen (secondary N) is 1. The van der Waals surface area contributed by atoms with Gasteiger partial charge >= 0.3 is 0 Å². The Bertz CT molecular complexity index is 1250. The van der Waals surface area contributed by atoms with Crippen molar-refractivity contribution in [1.82, 2.24) is 4.98 Å². The van der Waals surface area contributed by atoms with Crippen molar-refractivity contribution in [3.63, 3.8) is 0 Å². The highest BCUT2D eigenvalue weighted by atomic mass is 32.1. The molecule has 1 aromatic heterocycles. The van der Waals surface area contributed by atoms with E-state index < -0.39 is 11.2 Å². The molecule has 9 heteroatoms. The molecule has 1 aliphatic heterocycles. The first-order valence-corrected chi connectivity index (χ1v) is 12.7. The topological polar surface area (TPSA) is 74.8 Å². The monoisotopic (exact) mass is 510 g/mol. The van der Waals surface area contributed by atoms with E-state index in [9.17, 15) is 14.0 Å². The van der Waals surface area contributed by atoms with Crippen molar-refractivity contribution in [3.05, 3.63) is 64.8 Å². The Morgan fingerprint density at radius 3 is 2.44 bits per heavy atom. The number of thiazole rings is 1. The normalized spacial score (nSPS) is 16.1. The number of ketones is 1. The molecule has 190 valence electrons. The lowest BCUT2D eigenvalue weighted by molar-refractivity contribution is -0.123. The first-order chi connectivity index (χ1) is 17.1. The highest BCUT2D eigenvalue weighted by molar-refractivity contribution is 7.18. The fourth-order valence-electron chi connectivity index (χ4n) is 4.07. The molecule has 2 heterocycles. The molecule has 0 radical (unpaired) electrons. The van der Waals surface area contributed by atoms with Crippen molar-refractivity contribution >= 4 is 39.7 Å². The van der Waals surface area contributed by atoms with E-state index in [1.165, 1.54) is 35.6 Å². The number of para-hydroxylation sites is 2. The zero-order valence-corrected chi connectivity index (χ0v) is 22.0. The number of anilines is 3. The van der Waals surface area contributed by atoms with Gasteiger partial charge in [0.05, 0.1) is 12.8 Å². The summed E-state index contributed by atoms with van der Waals surface area (Å²) in [5, 5.41) is 3.51. The van der Waals surface area contributed by atoms with Crippen LogP contribution in [0.4, 0.5) is 21.0 Å². The first kappa shape index (κ1) is 25.6. The summed E-state index contributed by atoms with van der Waals surface area (Å²) in [6.45, 7) is 9.65. The second-order valence-electron chi connectivity index (χ2n) is 9.87. The van der Waals surface area contributed by atoms with Crippen LogP contribution < -0.4 is 19.9 Å². The molecule has 1 amide bonds. The van der Waals surface area contributed by atoms with E-state index in [2.05, 4.69) is 22.0 Å². The number of halogens is 1. The average molecular weight is 511 g/mol. The number of carbonyl (C=O) groups excluding carboxylic acids is 2. The van der Waals surface area contributed by atoms with Crippen LogP contribution in [0.3, 0.4) is 0 Å². The molecule has 0 spiro atoms. The lowest BCUT2D eigenvalue weighted by atomic mass is 9.96. The first-order valence-electron chi connectivity index (χ1n) is 11.9. The summed E-state index contributed by atoms with van der Waals surface area (Å²) >= 11 is 1.25. The van der Waals surface area contributed by atoms with E-state index in [1.807, 2.05) is 24.3 Å². The van der Waals surface area contributed by atoms with Crippen molar-refractivity contribution in [1.29, 1.82) is 0 Å². The van der Waals surface area contributed by atoms with Crippen molar-refractivity contribution in [2.75, 3.05) is 41.9 Å². The maximum Gasteiger partial charge on any atom is 0.230 e. The van der Waals surface area contributed by atoms with Crippen LogP contribution in [0.15, 0.2) is 48.5 Å². The number of piperazine rings is 1. The number of benzene rings is 2. The number of carbonyl (C=O) groups is 2. The number of amides is 1. The minimum Gasteiger partial charge on any atom is -0.495 e. The number of aromatic nitrogens is 1. The molecule has 1 saturated heterocycles. The van der Waals surface area contributed by atoms with Gasteiger partial charge in [0.25, 0.3) is 0 Å². The van der Waals surface area contributed by atoms with E-state index in [0.29, 0.717) is 28.7 Å². The van der Waals surface area contributed by atoms with Crippen LogP contribution in [-0.4, -0.2) is 49.5 Å². The van der Waals surface area contributed by atoms with Crippen LogP contribution in [0.25, 0.3) is 0 Å². The van der Waals surface area contributed by atoms with Gasteiger partial charge in [-0.3, -0.25) is 9.59 Å². The molecule has 0 saturated carbocycles. The summed E-state index contributed by atoms with van der Waals surface area (Å²) in [6, 6.07) is 13.5. The molecule has 2 aromatic carbocycles. The summed E-state index contributed by atoms with van der Waals surface area (Å²) in [5.74, 6) is 0.112. The highest BCUT2D eigenvalue weighted by Crippen LogP contribution is 2.36. The van der Waals surface area contributed by atoms with Crippen molar-refractivity contribution in [3.8, 4) is 5.75 Å². The summed E-state index contributed by atoms with van der Waals surface area (Å²) < 4.78 is 19.0. The Kier molecular flexibility index (Phi) is 7.31. The molecule has 4 rings (SSSR count). The van der Waals surface area contributed by atoms with Crippen LogP contribution >= 0.6 is 11.3 Å². The zero-order chi connectivity index (χ0) is 26.0. The molecule has 1 atom stereocenters. The van der Waals surface area contributed by atoms with Gasteiger partial charge in [-0.15, -0.1) is 0 Å². The smallest absolute Gasteiger partial charge is 0.230 e. The molecule has 0 aliphatic carbocycles. The Hall–Kier alpha value is -3.46. The van der Waals surface area contributed by atoms with Gasteiger partial charge in [-0.25, -0.2) is 9.37 Å². The number of hydrogen-bond donors (Lipinski definition) is 1. The molecular weight excluding hydrogens is 479 g/mol. The summed E-state index contributed by atoms with van der Waals surface area (Å²) in [7, 11) is 1.67. The van der Waals surface area contributed by atoms with Gasteiger partial charge in [-0.05, 0) is 43.3 Å². The standard InChI is InChI=1S/C27H31FN4O3S/c1-17-16-31(14-15-32(17)20-8-6-7-9-21(20)35-5)26-30-24(29-25(34)27(2,3)4)23(36-26)22(33)18-10-12-19(28)13-11-18/h6-13,17H,14-16H2,1-5H3,(H,29,34). The number of ether oxygens (including phenoxy) is 1. The fraction of sp³-hybridized carbons (Fsp3) is 0.370. The van der Waals surface area contributed by atoms with Gasteiger partial charge in [0.2, 0.25) is 11.7 Å². The Balaban J connectivity index is 1.62. The van der Waals surface area contributed by atoms with Crippen molar-refractivity contribution < 1.29 is 18.7 Å². The van der Waals surface area contributed by atoms with E-state index in [4.69, 9.17) is 9.72 Å². The predicted octanol–water partition coefficient (Wildman–Crippen LogP) is 5.22. The van der Waals surface area contributed by atoms with Crippen LogP contribution in [-0.2, 0) is 4.79 Å². The van der Waals surface area contributed by atoms with Gasteiger partial charge in [-0.1, -0.05) is 44.2 Å². The second-order valence-corrected chi connectivity index (χ2v) is 10.9. The zero-order valence-electron chi connectivity index (χ0n) is 21.2. The van der Waals surface area contributed by atoms with E-state index in [-0.39, 0.29) is 23.6 Å². The molecular formula is C27H31FN4O3S. The lowest BCUT2D eigenvalue weighted by Gasteiger charge is -2.41. The van der Waals surface area contributed by atoms with E-state index in [0.717, 1.165) is 18.0 Å². The fourth-order valence-corrected chi connectivity index (χ4v) is 5.08. The SMILES string of the molecule is COc1ccccc1N1CCN(c2nc(NC(=O)C(C)(C)C)c(C(=O)c3ccc(F)cc3)s2)CC1C. The van der Waals surface area contributed by atoms with Gasteiger partial charge in [0.15, 0.2) is 10.9 Å². The van der Waals surface area contributed by atoms with E-state index in [1.54, 1.807) is 27.9 Å². The van der Waals surface area contributed by atoms with Crippen molar-refractivity contribution in [2.45, 2.75) is 33.7 Å². The number of nitrogens with zero attached hydrogens (tertiary/aromatic N) is 3. The Morgan fingerprint density at radius 2 is 1.81 bits per heavy atom. The molecule has 1 N–H and O–H groups in total. The quantitative estimate of drug-likeness (QED) is 0.458. The maximum atomic E-state index is 13.4. The minimum atomic E-state index is -0.658. The molecule has 7 nitrogen and oxygen atoms in total. The molecule has 0 bridgehead atoms. The third-order valence-electron chi connectivity index (χ3n) is 6.13. The summed E-state index contributed by atoms with van der Waals surface area (Å²) in [5.41, 5.74) is 0.721. The van der Waals surface area contributed by atoms with Gasteiger partial charge in [0.1, 0.15) is 16.4 Å². The Labute approximate surface area is 214 Å². The number of methoxy groups -OCH3 is 1. The van der Waals surface area contributed by atoms with Crippen molar-refractivity contribution in [2.24, 2.45) is 5.41 Å². The van der Waals surface area contributed by atoms with Gasteiger partial charge < -0.3 is 19.9 Å². The molecule has 1 aliphatic rings. The Morgan fingerprint density at radius 1 is 1.11 bits per heavy atom. The van der Waals surface area contributed by atoms with E-state index >= 15 is 0 Å².